The van der Waals surface area contributed by atoms with Gasteiger partial charge >= 0.3 is 17.1 Å². The number of carbonyl (C=O) groups excluding carboxylic acids is 4. The third-order valence-corrected chi connectivity index (χ3v) is 9.29. The van der Waals surface area contributed by atoms with Crippen LogP contribution in [0.25, 0.3) is 0 Å². The van der Waals surface area contributed by atoms with E-state index in [0.29, 0.717) is 26.7 Å². The number of phenolic OH excluding ortho intramolecular Hbond substituents is 1. The highest BCUT2D eigenvalue weighted by Gasteiger charge is 2.58. The number of fused-ring (bicyclic) bond motifs is 2. The molecule has 0 saturated carbocycles. The number of amides is 5. The quantitative estimate of drug-likeness (QED) is 0.353. The molecule has 0 bridgehead atoms. The molecule has 1 saturated heterocycles. The van der Waals surface area contributed by atoms with Crippen molar-refractivity contribution in [1.29, 1.82) is 0 Å². The van der Waals surface area contributed by atoms with Gasteiger partial charge in [0.05, 0.1) is 23.1 Å². The van der Waals surface area contributed by atoms with Gasteiger partial charge in [-0.3, -0.25) is 23.7 Å². The van der Waals surface area contributed by atoms with E-state index in [2.05, 4.69) is 5.32 Å². The highest BCUT2D eigenvalue weighted by molar-refractivity contribution is 8.00. The standard InChI is InChI=1S/C26H21F3N4O7S2/c1-2-40-15-8-11(6-7-14(15)34)17-18-19(22(37)33(21(18)36)24(30)38)41-23-20(17)42-25(39)32(23)10-16(35)31-13-5-3-4-12(9-13)26(27,28)29/h3-9,17-19,34H,2,10H2,1H3,(H2,30,38)(H,31,35). The summed E-state index contributed by atoms with van der Waals surface area (Å²) in [5, 5.41) is 11.5. The maximum Gasteiger partial charge on any atom is 0.416 e. The lowest BCUT2D eigenvalue weighted by Gasteiger charge is -2.31. The number of hydrogen-bond acceptors (Lipinski definition) is 9. The number of thioether (sulfide) groups is 1. The summed E-state index contributed by atoms with van der Waals surface area (Å²) >= 11 is 1.54. The van der Waals surface area contributed by atoms with Gasteiger partial charge < -0.3 is 20.9 Å². The Bertz CT molecular complexity index is 1690. The van der Waals surface area contributed by atoms with E-state index in [-0.39, 0.29) is 28.8 Å². The topological polar surface area (TPSA) is 161 Å². The molecule has 5 rings (SSSR count). The molecule has 16 heteroatoms. The molecule has 1 aromatic heterocycles. The van der Waals surface area contributed by atoms with Crippen LogP contribution in [0, 0.1) is 5.92 Å². The molecule has 11 nitrogen and oxygen atoms in total. The van der Waals surface area contributed by atoms with Gasteiger partial charge in [-0.15, -0.1) is 0 Å². The number of halogens is 3. The number of thiazole rings is 1. The third kappa shape index (κ3) is 5.11. The van der Waals surface area contributed by atoms with E-state index in [1.54, 1.807) is 6.92 Å². The van der Waals surface area contributed by atoms with Crippen molar-refractivity contribution in [3.8, 4) is 11.5 Å². The van der Waals surface area contributed by atoms with Gasteiger partial charge in [0, 0.05) is 16.5 Å². The molecule has 5 amide bonds. The highest BCUT2D eigenvalue weighted by atomic mass is 32.2. The fourth-order valence-corrected chi connectivity index (χ4v) is 7.72. The van der Waals surface area contributed by atoms with Gasteiger partial charge in [-0.2, -0.15) is 18.1 Å². The molecule has 2 aliphatic rings. The van der Waals surface area contributed by atoms with E-state index in [1.165, 1.54) is 24.3 Å². The second-order valence-electron chi connectivity index (χ2n) is 9.30. The minimum atomic E-state index is -4.63. The van der Waals surface area contributed by atoms with Crippen molar-refractivity contribution in [3.05, 3.63) is 68.1 Å². The van der Waals surface area contributed by atoms with Crippen LogP contribution < -0.4 is 20.7 Å². The predicted octanol–water partition coefficient (Wildman–Crippen LogP) is 3.34. The molecule has 220 valence electrons. The Hall–Kier alpha value is -4.31. The largest absolute Gasteiger partial charge is 0.504 e. The summed E-state index contributed by atoms with van der Waals surface area (Å²) in [6, 6.07) is 6.99. The number of urea groups is 1. The number of likely N-dealkylation sites (tertiary alicyclic amines) is 1. The summed E-state index contributed by atoms with van der Waals surface area (Å²) in [6.45, 7) is 1.28. The number of primary amides is 1. The van der Waals surface area contributed by atoms with E-state index in [4.69, 9.17) is 10.5 Å². The van der Waals surface area contributed by atoms with Gasteiger partial charge in [0.1, 0.15) is 11.8 Å². The van der Waals surface area contributed by atoms with E-state index < -0.39 is 64.0 Å². The zero-order chi connectivity index (χ0) is 30.5. The van der Waals surface area contributed by atoms with Crippen molar-refractivity contribution in [2.45, 2.75) is 35.8 Å². The number of nitrogens with zero attached hydrogens (tertiary/aromatic N) is 2. The van der Waals surface area contributed by atoms with Gasteiger partial charge in [0.2, 0.25) is 11.8 Å². The average Bonchev–Trinajstić information content (AvgIpc) is 3.36. The van der Waals surface area contributed by atoms with E-state index in [1.807, 2.05) is 0 Å². The summed E-state index contributed by atoms with van der Waals surface area (Å²) in [5.74, 6) is -4.77. The van der Waals surface area contributed by atoms with Crippen molar-refractivity contribution < 1.29 is 42.2 Å². The van der Waals surface area contributed by atoms with Crippen LogP contribution in [-0.2, 0) is 27.1 Å². The van der Waals surface area contributed by atoms with Crippen molar-refractivity contribution in [2.24, 2.45) is 11.7 Å². The Morgan fingerprint density at radius 2 is 1.86 bits per heavy atom. The lowest BCUT2D eigenvalue weighted by atomic mass is 9.83. The molecule has 0 spiro atoms. The number of nitrogens with one attached hydrogen (secondary N) is 1. The zero-order valence-corrected chi connectivity index (χ0v) is 23.1. The first-order valence-corrected chi connectivity index (χ1v) is 14.0. The molecular formula is C26H21F3N4O7S2. The normalized spacial score (nSPS) is 19.8. The van der Waals surface area contributed by atoms with Gasteiger partial charge in [0.25, 0.3) is 5.91 Å². The molecule has 0 aliphatic carbocycles. The van der Waals surface area contributed by atoms with Crippen molar-refractivity contribution in [2.75, 3.05) is 11.9 Å². The number of alkyl halides is 3. The minimum absolute atomic E-state index is 0.0853. The van der Waals surface area contributed by atoms with Gasteiger partial charge in [-0.25, -0.2) is 4.79 Å². The first-order chi connectivity index (χ1) is 19.8. The maximum absolute atomic E-state index is 13.3. The Balaban J connectivity index is 1.55. The molecule has 2 aliphatic heterocycles. The van der Waals surface area contributed by atoms with Crippen molar-refractivity contribution in [3.63, 3.8) is 0 Å². The molecule has 3 atom stereocenters. The van der Waals surface area contributed by atoms with Crippen LogP contribution in [0.2, 0.25) is 0 Å². The third-order valence-electron chi connectivity index (χ3n) is 6.69. The number of aromatic nitrogens is 1. The molecule has 3 unspecified atom stereocenters. The van der Waals surface area contributed by atoms with Crippen LogP contribution in [0.15, 0.2) is 52.3 Å². The highest BCUT2D eigenvalue weighted by Crippen LogP contribution is 2.54. The predicted molar refractivity (Wildman–Crippen MR) is 144 cm³/mol. The summed E-state index contributed by atoms with van der Waals surface area (Å²) in [6.07, 6.45) is -4.63. The molecule has 1 fully saturated rings. The Morgan fingerprint density at radius 1 is 1.12 bits per heavy atom. The number of aromatic hydroxyl groups is 1. The Kier molecular flexibility index (Phi) is 7.53. The van der Waals surface area contributed by atoms with Crippen LogP contribution in [-0.4, -0.2) is 50.2 Å². The van der Waals surface area contributed by atoms with Crippen LogP contribution in [0.4, 0.5) is 23.7 Å². The SMILES string of the molecule is CCOc1cc(C2c3sc(=O)n(CC(=O)Nc4cccc(C(F)(F)F)c4)c3SC3C(=O)N(C(N)=O)C(=O)C32)ccc1O. The van der Waals surface area contributed by atoms with Crippen molar-refractivity contribution in [1.82, 2.24) is 9.47 Å². The molecule has 2 aromatic carbocycles. The number of hydrogen-bond donors (Lipinski definition) is 3. The molecule has 3 heterocycles. The number of rotatable bonds is 6. The molecule has 42 heavy (non-hydrogen) atoms. The lowest BCUT2D eigenvalue weighted by Crippen LogP contribution is -2.41. The number of benzene rings is 2. The van der Waals surface area contributed by atoms with Crippen LogP contribution in [0.5, 0.6) is 11.5 Å². The Morgan fingerprint density at radius 3 is 2.52 bits per heavy atom. The van der Waals surface area contributed by atoms with Crippen LogP contribution in [0.3, 0.4) is 0 Å². The van der Waals surface area contributed by atoms with Gasteiger partial charge in [-0.1, -0.05) is 35.2 Å². The molecular weight excluding hydrogens is 601 g/mol. The van der Waals surface area contributed by atoms with E-state index >= 15 is 0 Å². The smallest absolute Gasteiger partial charge is 0.416 e. The first kappa shape index (κ1) is 29.2. The van der Waals surface area contributed by atoms with E-state index in [9.17, 15) is 42.3 Å². The zero-order valence-electron chi connectivity index (χ0n) is 21.5. The number of ether oxygens (including phenoxy) is 1. The van der Waals surface area contributed by atoms with Crippen LogP contribution >= 0.6 is 23.1 Å². The van der Waals surface area contributed by atoms with Gasteiger partial charge in [-0.05, 0) is 42.8 Å². The average molecular weight is 623 g/mol. The summed E-state index contributed by atoms with van der Waals surface area (Å²) in [5.41, 5.74) is 4.60. The van der Waals surface area contributed by atoms with Crippen LogP contribution in [0.1, 0.15) is 28.8 Å². The number of phenols is 1. The van der Waals surface area contributed by atoms with Crippen molar-refractivity contribution >= 4 is 52.5 Å². The Labute approximate surface area is 243 Å². The van der Waals surface area contributed by atoms with E-state index in [0.717, 1.165) is 34.5 Å². The minimum Gasteiger partial charge on any atom is -0.504 e. The fraction of sp³-hybridized carbons (Fsp3) is 0.269. The molecule has 3 aromatic rings. The summed E-state index contributed by atoms with van der Waals surface area (Å²) in [4.78, 5) is 64.6. The number of imide groups is 3. The molecule has 0 radical (unpaired) electrons. The summed E-state index contributed by atoms with van der Waals surface area (Å²) < 4.78 is 45.8. The fourth-order valence-electron chi connectivity index (χ4n) is 4.94. The number of anilines is 1. The molecule has 4 N–H and O–H groups in total. The second-order valence-corrected chi connectivity index (χ2v) is 11.4. The monoisotopic (exact) mass is 622 g/mol. The second kappa shape index (κ2) is 10.8. The summed E-state index contributed by atoms with van der Waals surface area (Å²) in [7, 11) is 0. The number of nitrogens with two attached hydrogens (primary N) is 1. The maximum atomic E-state index is 13.3. The lowest BCUT2D eigenvalue weighted by molar-refractivity contribution is -0.138. The first-order valence-electron chi connectivity index (χ1n) is 12.3. The van der Waals surface area contributed by atoms with Gasteiger partial charge in [0.15, 0.2) is 11.5 Å². The number of carbonyl (C=O) groups is 4.